The highest BCUT2D eigenvalue weighted by molar-refractivity contribution is 6.34. The molecule has 4 heteroatoms. The molecule has 0 saturated heterocycles. The van der Waals surface area contributed by atoms with Crippen molar-refractivity contribution >= 4 is 23.2 Å². The van der Waals surface area contributed by atoms with E-state index in [1.54, 1.807) is 0 Å². The lowest BCUT2D eigenvalue weighted by atomic mass is 9.78. The van der Waals surface area contributed by atoms with Crippen molar-refractivity contribution in [2.24, 2.45) is 0 Å². The van der Waals surface area contributed by atoms with Gasteiger partial charge in [-0.2, -0.15) is 0 Å². The smallest absolute Gasteiger partial charge is 0.142 e. The molecule has 1 aliphatic rings. The Hall–Kier alpha value is -1.12. The zero-order valence-electron chi connectivity index (χ0n) is 11.4. The van der Waals surface area contributed by atoms with Crippen molar-refractivity contribution in [3.05, 3.63) is 57.6 Å². The first-order chi connectivity index (χ1) is 9.63. The van der Waals surface area contributed by atoms with Crippen LogP contribution in [0.25, 0.3) is 0 Å². The van der Waals surface area contributed by atoms with E-state index < -0.39 is 0 Å². The number of aromatic nitrogens is 2. The van der Waals surface area contributed by atoms with Crippen LogP contribution in [0.15, 0.2) is 30.3 Å². The van der Waals surface area contributed by atoms with Crippen molar-refractivity contribution < 1.29 is 0 Å². The van der Waals surface area contributed by atoms with E-state index in [-0.39, 0.29) is 5.41 Å². The Labute approximate surface area is 129 Å². The summed E-state index contributed by atoms with van der Waals surface area (Å²) < 4.78 is 0. The zero-order chi connectivity index (χ0) is 14.2. The topological polar surface area (TPSA) is 25.8 Å². The van der Waals surface area contributed by atoms with E-state index in [1.165, 1.54) is 18.4 Å². The summed E-state index contributed by atoms with van der Waals surface area (Å²) in [6.45, 7) is 1.85. The van der Waals surface area contributed by atoms with Gasteiger partial charge >= 0.3 is 0 Å². The average Bonchev–Trinajstić information content (AvgIpc) is 2.96. The molecule has 0 spiro atoms. The Morgan fingerprint density at radius 1 is 0.950 bits per heavy atom. The van der Waals surface area contributed by atoms with Crippen LogP contribution in [0, 0.1) is 6.92 Å². The van der Waals surface area contributed by atoms with Gasteiger partial charge in [-0.3, -0.25) is 0 Å². The normalized spacial score (nSPS) is 17.4. The predicted molar refractivity (Wildman–Crippen MR) is 82.5 cm³/mol. The maximum absolute atomic E-state index is 6.21. The lowest BCUT2D eigenvalue weighted by Gasteiger charge is -2.28. The monoisotopic (exact) mass is 306 g/mol. The lowest BCUT2D eigenvalue weighted by molar-refractivity contribution is 0.499. The van der Waals surface area contributed by atoms with Crippen LogP contribution in [0.4, 0.5) is 0 Å². The largest absolute Gasteiger partial charge is 0.220 e. The molecule has 1 fully saturated rings. The molecule has 1 saturated carbocycles. The molecule has 20 heavy (non-hydrogen) atoms. The molecule has 0 N–H and O–H groups in total. The Morgan fingerprint density at radius 3 is 2.05 bits per heavy atom. The van der Waals surface area contributed by atoms with Gasteiger partial charge < -0.3 is 0 Å². The summed E-state index contributed by atoms with van der Waals surface area (Å²) in [5, 5.41) is 0.921. The third kappa shape index (κ3) is 2.21. The summed E-state index contributed by atoms with van der Waals surface area (Å²) in [5.74, 6) is 0.766. The summed E-state index contributed by atoms with van der Waals surface area (Å²) >= 11 is 12.4. The second-order valence-electron chi connectivity index (χ2n) is 5.41. The maximum atomic E-state index is 6.21. The Bertz CT molecular complexity index is 597. The number of benzene rings is 1. The lowest BCUT2D eigenvalue weighted by Crippen LogP contribution is -2.27. The van der Waals surface area contributed by atoms with Gasteiger partial charge in [0, 0.05) is 5.56 Å². The van der Waals surface area contributed by atoms with Gasteiger partial charge in [-0.05, 0) is 25.3 Å². The van der Waals surface area contributed by atoms with Crippen LogP contribution in [0.2, 0.25) is 10.3 Å². The van der Waals surface area contributed by atoms with E-state index in [4.69, 9.17) is 23.2 Å². The quantitative estimate of drug-likeness (QED) is 0.733. The third-order valence-corrected chi connectivity index (χ3v) is 4.97. The van der Waals surface area contributed by atoms with E-state index in [9.17, 15) is 0 Å². The van der Waals surface area contributed by atoms with Gasteiger partial charge in [0.15, 0.2) is 0 Å². The molecule has 2 nitrogen and oxygen atoms in total. The predicted octanol–water partition coefficient (Wildman–Crippen LogP) is 4.95. The standard InChI is InChI=1S/C16H16Cl2N2/c1-11-13(17)19-15(20-14(11)18)16(9-5-6-10-16)12-7-3-2-4-8-12/h2-4,7-8H,5-6,9-10H2,1H3. The molecule has 0 bridgehead atoms. The summed E-state index contributed by atoms with van der Waals surface area (Å²) in [7, 11) is 0. The van der Waals surface area contributed by atoms with Gasteiger partial charge in [-0.15, -0.1) is 0 Å². The van der Waals surface area contributed by atoms with Crippen LogP contribution >= 0.6 is 23.2 Å². The molecule has 0 atom stereocenters. The van der Waals surface area contributed by atoms with Crippen molar-refractivity contribution in [1.29, 1.82) is 0 Å². The zero-order valence-corrected chi connectivity index (χ0v) is 12.9. The number of nitrogens with zero attached hydrogens (tertiary/aromatic N) is 2. The van der Waals surface area contributed by atoms with E-state index in [0.717, 1.165) is 24.2 Å². The molecule has 1 heterocycles. The van der Waals surface area contributed by atoms with Crippen molar-refractivity contribution in [3.8, 4) is 0 Å². The van der Waals surface area contributed by atoms with Crippen molar-refractivity contribution in [2.45, 2.75) is 38.0 Å². The fraction of sp³-hybridized carbons (Fsp3) is 0.375. The van der Waals surface area contributed by atoms with Gasteiger partial charge in [0.25, 0.3) is 0 Å². The molecule has 3 rings (SSSR count). The van der Waals surface area contributed by atoms with E-state index in [2.05, 4.69) is 34.2 Å². The second kappa shape index (κ2) is 5.34. The van der Waals surface area contributed by atoms with Crippen molar-refractivity contribution in [1.82, 2.24) is 9.97 Å². The Balaban J connectivity index is 2.17. The molecule has 1 aliphatic carbocycles. The van der Waals surface area contributed by atoms with Crippen LogP contribution in [-0.4, -0.2) is 9.97 Å². The maximum Gasteiger partial charge on any atom is 0.142 e. The molecule has 2 aromatic rings. The Morgan fingerprint density at radius 2 is 1.50 bits per heavy atom. The van der Waals surface area contributed by atoms with Crippen molar-refractivity contribution in [3.63, 3.8) is 0 Å². The number of hydrogen-bond donors (Lipinski definition) is 0. The highest BCUT2D eigenvalue weighted by Crippen LogP contribution is 2.45. The first kappa shape index (κ1) is 13.8. The highest BCUT2D eigenvalue weighted by atomic mass is 35.5. The van der Waals surface area contributed by atoms with Crippen LogP contribution in [0.3, 0.4) is 0 Å². The van der Waals surface area contributed by atoms with E-state index in [0.29, 0.717) is 10.3 Å². The molecule has 1 aromatic heterocycles. The van der Waals surface area contributed by atoms with Crippen LogP contribution in [0.5, 0.6) is 0 Å². The van der Waals surface area contributed by atoms with E-state index in [1.807, 2.05) is 13.0 Å². The fourth-order valence-corrected chi connectivity index (χ4v) is 3.44. The summed E-state index contributed by atoms with van der Waals surface area (Å²) in [4.78, 5) is 9.07. The molecular formula is C16H16Cl2N2. The minimum Gasteiger partial charge on any atom is -0.220 e. The first-order valence-electron chi connectivity index (χ1n) is 6.89. The van der Waals surface area contributed by atoms with Gasteiger partial charge in [0.2, 0.25) is 0 Å². The molecule has 1 aromatic carbocycles. The fourth-order valence-electron chi connectivity index (χ4n) is 3.05. The van der Waals surface area contributed by atoms with Crippen LogP contribution in [0.1, 0.15) is 42.6 Å². The van der Waals surface area contributed by atoms with Crippen LogP contribution in [-0.2, 0) is 5.41 Å². The van der Waals surface area contributed by atoms with E-state index >= 15 is 0 Å². The third-order valence-electron chi connectivity index (χ3n) is 4.24. The molecule has 0 radical (unpaired) electrons. The minimum absolute atomic E-state index is 0.137. The Kier molecular flexibility index (Phi) is 3.70. The number of hydrogen-bond acceptors (Lipinski definition) is 2. The van der Waals surface area contributed by atoms with Gasteiger partial charge in [0.1, 0.15) is 16.1 Å². The van der Waals surface area contributed by atoms with Crippen LogP contribution < -0.4 is 0 Å². The van der Waals surface area contributed by atoms with Gasteiger partial charge in [-0.25, -0.2) is 9.97 Å². The summed E-state index contributed by atoms with van der Waals surface area (Å²) in [6.07, 6.45) is 4.46. The summed E-state index contributed by atoms with van der Waals surface area (Å²) in [5.41, 5.74) is 1.87. The molecular weight excluding hydrogens is 291 g/mol. The molecule has 0 amide bonds. The second-order valence-corrected chi connectivity index (χ2v) is 6.13. The SMILES string of the molecule is Cc1c(Cl)nc(C2(c3ccccc3)CCCC2)nc1Cl. The number of halogens is 2. The van der Waals surface area contributed by atoms with Crippen molar-refractivity contribution in [2.75, 3.05) is 0 Å². The highest BCUT2D eigenvalue weighted by Gasteiger charge is 2.40. The average molecular weight is 307 g/mol. The van der Waals surface area contributed by atoms with Gasteiger partial charge in [0.05, 0.1) is 5.41 Å². The first-order valence-corrected chi connectivity index (χ1v) is 7.65. The molecule has 0 unspecified atom stereocenters. The number of rotatable bonds is 2. The minimum atomic E-state index is -0.137. The van der Waals surface area contributed by atoms with Gasteiger partial charge in [-0.1, -0.05) is 66.4 Å². The summed E-state index contributed by atoms with van der Waals surface area (Å²) in [6, 6.07) is 10.5. The molecule has 0 aliphatic heterocycles. The molecule has 104 valence electrons.